The van der Waals surface area contributed by atoms with Crippen molar-refractivity contribution in [1.29, 1.82) is 0 Å². The second kappa shape index (κ2) is 7.23. The van der Waals surface area contributed by atoms with E-state index in [0.717, 1.165) is 12.8 Å². The molecule has 1 fully saturated rings. The van der Waals surface area contributed by atoms with Crippen LogP contribution in [0.2, 0.25) is 0 Å². The van der Waals surface area contributed by atoms with Gasteiger partial charge in [0.25, 0.3) is 5.78 Å². The average molecular weight is 422 g/mol. The Labute approximate surface area is 175 Å². The van der Waals surface area contributed by atoms with E-state index in [0.29, 0.717) is 16.9 Å². The van der Waals surface area contributed by atoms with Crippen molar-refractivity contribution in [3.63, 3.8) is 0 Å². The van der Waals surface area contributed by atoms with Gasteiger partial charge < -0.3 is 5.32 Å². The van der Waals surface area contributed by atoms with Crippen molar-refractivity contribution in [2.75, 3.05) is 5.32 Å². The van der Waals surface area contributed by atoms with E-state index in [1.165, 1.54) is 16.5 Å². The van der Waals surface area contributed by atoms with Gasteiger partial charge in [0.2, 0.25) is 6.43 Å². The summed E-state index contributed by atoms with van der Waals surface area (Å²) in [5.41, 5.74) is 1.63. The Balaban J connectivity index is 1.59. The van der Waals surface area contributed by atoms with Crippen molar-refractivity contribution in [3.8, 4) is 11.8 Å². The van der Waals surface area contributed by atoms with E-state index in [2.05, 4.69) is 44.2 Å². The zero-order valence-electron chi connectivity index (χ0n) is 16.5. The van der Waals surface area contributed by atoms with Crippen LogP contribution in [0, 0.1) is 23.1 Å². The molecule has 0 bridgehead atoms. The van der Waals surface area contributed by atoms with Crippen molar-refractivity contribution in [2.45, 2.75) is 32.6 Å². The van der Waals surface area contributed by atoms with Crippen LogP contribution in [0.1, 0.15) is 31.3 Å². The normalized spacial score (nSPS) is 14.6. The number of nitrogens with zero attached hydrogens (tertiary/aromatic N) is 5. The van der Waals surface area contributed by atoms with Crippen LogP contribution in [0.3, 0.4) is 0 Å². The molecule has 0 amide bonds. The number of hydrogen-bond donors (Lipinski definition) is 1. The summed E-state index contributed by atoms with van der Waals surface area (Å²) in [6.07, 6.45) is 0.559. The van der Waals surface area contributed by atoms with Crippen molar-refractivity contribution < 1.29 is 13.2 Å². The molecule has 1 N–H and O–H groups in total. The molecule has 1 aliphatic rings. The predicted octanol–water partition coefficient (Wildman–Crippen LogP) is 4.51. The highest BCUT2D eigenvalue weighted by molar-refractivity contribution is 5.93. The van der Waals surface area contributed by atoms with Crippen molar-refractivity contribution in [3.05, 3.63) is 53.9 Å². The largest absolute Gasteiger partial charge is 0.339 e. The first-order valence-corrected chi connectivity index (χ1v) is 9.78. The molecule has 0 aliphatic heterocycles. The van der Waals surface area contributed by atoms with Crippen LogP contribution in [0.4, 0.5) is 24.7 Å². The molecule has 4 aromatic rings. The van der Waals surface area contributed by atoms with Gasteiger partial charge in [-0.25, -0.2) is 18.2 Å². The monoisotopic (exact) mass is 422 g/mol. The Bertz CT molecular complexity index is 1360. The number of benzene rings is 1. The van der Waals surface area contributed by atoms with Gasteiger partial charge in [0.05, 0.1) is 17.3 Å². The quantitative estimate of drug-likeness (QED) is 0.490. The first kappa shape index (κ1) is 19.3. The molecule has 0 radical (unpaired) electrons. The van der Waals surface area contributed by atoms with Gasteiger partial charge in [-0.15, -0.1) is 10.2 Å². The van der Waals surface area contributed by atoms with Gasteiger partial charge in [-0.1, -0.05) is 12.0 Å². The lowest BCUT2D eigenvalue weighted by atomic mass is 10.1. The van der Waals surface area contributed by atoms with Gasteiger partial charge in [-0.05, 0) is 50.0 Å². The first-order chi connectivity index (χ1) is 14.9. The standard InChI is InChI=1S/C22H17F3N6/c1-22(8-9-22)7-5-13-11-14(6-10-26-13)27-20-19-15(23)3-2-4-16(19)31-18(12-17(24)25)29-30-21(31)28-20/h2-4,6,10-11,17H,8-9,12H2,1H3,(H,26,27,28,30). The van der Waals surface area contributed by atoms with Crippen LogP contribution in [-0.2, 0) is 6.42 Å². The summed E-state index contributed by atoms with van der Waals surface area (Å²) in [6, 6.07) is 7.89. The molecule has 9 heteroatoms. The molecular weight excluding hydrogens is 405 g/mol. The lowest BCUT2D eigenvalue weighted by molar-refractivity contribution is 0.146. The maximum atomic E-state index is 14.8. The highest BCUT2D eigenvalue weighted by Gasteiger charge is 2.35. The second-order valence-corrected chi connectivity index (χ2v) is 7.81. The molecule has 31 heavy (non-hydrogen) atoms. The van der Waals surface area contributed by atoms with E-state index < -0.39 is 18.7 Å². The molecule has 1 aromatic carbocycles. The van der Waals surface area contributed by atoms with Gasteiger partial charge in [0.1, 0.15) is 23.2 Å². The highest BCUT2D eigenvalue weighted by atomic mass is 19.3. The molecule has 0 unspecified atom stereocenters. The van der Waals surface area contributed by atoms with Crippen LogP contribution < -0.4 is 5.32 Å². The lowest BCUT2D eigenvalue weighted by Crippen LogP contribution is -2.06. The molecule has 1 saturated carbocycles. The number of anilines is 2. The Kier molecular flexibility index (Phi) is 4.50. The fourth-order valence-corrected chi connectivity index (χ4v) is 3.32. The van der Waals surface area contributed by atoms with Gasteiger partial charge in [-0.2, -0.15) is 4.98 Å². The SMILES string of the molecule is CC1(C#Cc2cc(Nc3nc4nnc(CC(F)F)n4c4cccc(F)c34)ccn2)CC1. The zero-order valence-corrected chi connectivity index (χ0v) is 16.5. The maximum absolute atomic E-state index is 14.8. The average Bonchev–Trinajstić information content (AvgIpc) is 3.34. The topological polar surface area (TPSA) is 68.0 Å². The molecular formula is C22H17F3N6. The minimum absolute atomic E-state index is 0.0229. The van der Waals surface area contributed by atoms with Crippen molar-refractivity contribution in [2.24, 2.45) is 5.41 Å². The zero-order chi connectivity index (χ0) is 21.6. The molecule has 3 heterocycles. The van der Waals surface area contributed by atoms with Gasteiger partial charge >= 0.3 is 0 Å². The number of halogens is 3. The Morgan fingerprint density at radius 3 is 2.84 bits per heavy atom. The second-order valence-electron chi connectivity index (χ2n) is 7.81. The van der Waals surface area contributed by atoms with Gasteiger partial charge in [-0.3, -0.25) is 4.40 Å². The van der Waals surface area contributed by atoms with Crippen LogP contribution in [0.5, 0.6) is 0 Å². The number of fused-ring (bicyclic) bond motifs is 3. The van der Waals surface area contributed by atoms with Crippen LogP contribution in [-0.4, -0.2) is 31.0 Å². The van der Waals surface area contributed by atoms with E-state index in [1.54, 1.807) is 24.4 Å². The number of nitrogens with one attached hydrogen (secondary N) is 1. The summed E-state index contributed by atoms with van der Waals surface area (Å²) >= 11 is 0. The fourth-order valence-electron chi connectivity index (χ4n) is 3.32. The third-order valence-electron chi connectivity index (χ3n) is 5.25. The number of rotatable bonds is 4. The molecule has 0 saturated heterocycles. The number of pyridine rings is 1. The summed E-state index contributed by atoms with van der Waals surface area (Å²) in [5, 5.41) is 11.0. The number of hydrogen-bond acceptors (Lipinski definition) is 5. The van der Waals surface area contributed by atoms with E-state index >= 15 is 0 Å². The van der Waals surface area contributed by atoms with Crippen LogP contribution in [0.25, 0.3) is 16.7 Å². The summed E-state index contributed by atoms with van der Waals surface area (Å²) in [7, 11) is 0. The molecule has 3 aromatic heterocycles. The lowest BCUT2D eigenvalue weighted by Gasteiger charge is -2.12. The Morgan fingerprint density at radius 2 is 2.06 bits per heavy atom. The van der Waals surface area contributed by atoms with Crippen LogP contribution in [0.15, 0.2) is 36.5 Å². The Hall–Kier alpha value is -3.67. The molecule has 6 nitrogen and oxygen atoms in total. The van der Waals surface area contributed by atoms with Gasteiger partial charge in [0.15, 0.2) is 0 Å². The number of alkyl halides is 2. The van der Waals surface area contributed by atoms with Gasteiger partial charge in [0, 0.05) is 17.3 Å². The van der Waals surface area contributed by atoms with Crippen LogP contribution >= 0.6 is 0 Å². The summed E-state index contributed by atoms with van der Waals surface area (Å²) in [4.78, 5) is 8.62. The molecule has 5 rings (SSSR count). The van der Waals surface area contributed by atoms with E-state index in [9.17, 15) is 13.2 Å². The molecule has 0 spiro atoms. The van der Waals surface area contributed by atoms with Crippen molar-refractivity contribution >= 4 is 28.2 Å². The first-order valence-electron chi connectivity index (χ1n) is 9.78. The Morgan fingerprint density at radius 1 is 1.23 bits per heavy atom. The summed E-state index contributed by atoms with van der Waals surface area (Å²) in [6.45, 7) is 2.11. The predicted molar refractivity (Wildman–Crippen MR) is 110 cm³/mol. The minimum Gasteiger partial charge on any atom is -0.339 e. The minimum atomic E-state index is -2.61. The summed E-state index contributed by atoms with van der Waals surface area (Å²) in [5.74, 6) is 6.09. The molecule has 0 atom stereocenters. The van der Waals surface area contributed by atoms with E-state index in [4.69, 9.17) is 0 Å². The van der Waals surface area contributed by atoms with E-state index in [-0.39, 0.29) is 28.2 Å². The molecule has 1 aliphatic carbocycles. The third kappa shape index (κ3) is 3.77. The summed E-state index contributed by atoms with van der Waals surface area (Å²) < 4.78 is 42.0. The smallest absolute Gasteiger partial charge is 0.257 e. The van der Waals surface area contributed by atoms with Crippen molar-refractivity contribution in [1.82, 2.24) is 24.6 Å². The maximum Gasteiger partial charge on any atom is 0.257 e. The fraction of sp³-hybridized carbons (Fsp3) is 0.273. The number of aromatic nitrogens is 5. The highest BCUT2D eigenvalue weighted by Crippen LogP contribution is 2.44. The third-order valence-corrected chi connectivity index (χ3v) is 5.25. The molecule has 156 valence electrons. The van der Waals surface area contributed by atoms with E-state index in [1.807, 2.05) is 0 Å².